The molecule has 0 bridgehead atoms. The molecule has 9 heteroatoms. The monoisotopic (exact) mass is 456 g/mol. The predicted molar refractivity (Wildman–Crippen MR) is 133 cm³/mol. The highest BCUT2D eigenvalue weighted by atomic mass is 32.2. The number of hydrogen-bond donors (Lipinski definition) is 2. The zero-order valence-electron chi connectivity index (χ0n) is 17.7. The van der Waals surface area contributed by atoms with Gasteiger partial charge in [0.25, 0.3) is 0 Å². The highest BCUT2D eigenvalue weighted by molar-refractivity contribution is 8.06. The van der Waals surface area contributed by atoms with E-state index in [1.54, 1.807) is 17.8 Å². The molecule has 0 atom stereocenters. The lowest BCUT2D eigenvalue weighted by molar-refractivity contribution is 0.112. The number of pyridine rings is 1. The van der Waals surface area contributed by atoms with Gasteiger partial charge in [0.1, 0.15) is 5.01 Å². The fourth-order valence-corrected chi connectivity index (χ4v) is 3.90. The van der Waals surface area contributed by atoms with Crippen molar-refractivity contribution in [2.24, 2.45) is 0 Å². The van der Waals surface area contributed by atoms with Gasteiger partial charge >= 0.3 is 0 Å². The number of nitrogens with zero attached hydrogens (tertiary/aromatic N) is 4. The first-order valence-corrected chi connectivity index (χ1v) is 11.6. The molecule has 3 rings (SSSR count). The molecule has 7 nitrogen and oxygen atoms in total. The lowest BCUT2D eigenvalue weighted by atomic mass is 10.2. The van der Waals surface area contributed by atoms with E-state index in [-0.39, 0.29) is 0 Å². The van der Waals surface area contributed by atoms with Crippen LogP contribution in [-0.2, 0) is 0 Å². The standard InChI is InChI=1S/C13H14N2OS2.C9H14N4/c1-4-10(3)11(17-5-2)7-6-8-12-14-15-13(9-16)18-12;10-8-7-12-2-1-9(8)13-5-3-11-4-6-13/h5-9H,2-4H2,1H3;1-2,7,11H,3-6,10H2/b8-6+,11-7+;. The molecule has 1 saturated heterocycles. The number of allylic oxidation sites excluding steroid dienone is 3. The molecule has 0 aromatic carbocycles. The third-order valence-electron chi connectivity index (χ3n) is 4.31. The summed E-state index contributed by atoms with van der Waals surface area (Å²) in [6.07, 6.45) is 10.7. The van der Waals surface area contributed by atoms with Crippen LogP contribution in [0.25, 0.3) is 6.08 Å². The van der Waals surface area contributed by atoms with Gasteiger partial charge in [0.05, 0.1) is 17.6 Å². The molecule has 0 spiro atoms. The van der Waals surface area contributed by atoms with Gasteiger partial charge in [-0.25, -0.2) is 0 Å². The number of carbonyl (C=O) groups excluding carboxylic acids is 1. The van der Waals surface area contributed by atoms with Gasteiger partial charge in [-0.15, -0.1) is 10.2 Å². The summed E-state index contributed by atoms with van der Waals surface area (Å²) in [7, 11) is 0. The fraction of sp³-hybridized carbons (Fsp3) is 0.273. The topological polar surface area (TPSA) is 97.0 Å². The molecular weight excluding hydrogens is 428 g/mol. The Balaban J connectivity index is 0.000000231. The van der Waals surface area contributed by atoms with Crippen LogP contribution in [0.3, 0.4) is 0 Å². The van der Waals surface area contributed by atoms with Crippen LogP contribution >= 0.6 is 23.1 Å². The van der Waals surface area contributed by atoms with Gasteiger partial charge in [-0.05, 0) is 35.6 Å². The maximum atomic E-state index is 10.5. The molecule has 0 aliphatic carbocycles. The number of aldehydes is 1. The maximum Gasteiger partial charge on any atom is 0.180 e. The first-order valence-electron chi connectivity index (χ1n) is 9.87. The smallest absolute Gasteiger partial charge is 0.180 e. The molecule has 0 saturated carbocycles. The van der Waals surface area contributed by atoms with Crippen LogP contribution in [0, 0.1) is 0 Å². The SMILES string of the molecule is C=CS/C(=C/C=C/c1nnc(C=O)s1)C(=C)CC.Nc1cnccc1N1CCNCC1. The Bertz CT molecular complexity index is 932. The molecule has 3 heterocycles. The lowest BCUT2D eigenvalue weighted by Crippen LogP contribution is -2.43. The number of rotatable bonds is 8. The second-order valence-electron chi connectivity index (χ2n) is 6.40. The van der Waals surface area contributed by atoms with Crippen molar-refractivity contribution in [3.63, 3.8) is 0 Å². The zero-order valence-corrected chi connectivity index (χ0v) is 19.3. The number of nitrogen functional groups attached to an aromatic ring is 1. The number of aromatic nitrogens is 3. The lowest BCUT2D eigenvalue weighted by Gasteiger charge is -2.30. The Morgan fingerprint density at radius 1 is 1.35 bits per heavy atom. The van der Waals surface area contributed by atoms with Crippen LogP contribution in [0.15, 0.2) is 59.7 Å². The van der Waals surface area contributed by atoms with Crippen LogP contribution < -0.4 is 16.0 Å². The van der Waals surface area contributed by atoms with Crippen LogP contribution in [-0.4, -0.2) is 47.6 Å². The molecule has 0 unspecified atom stereocenters. The van der Waals surface area contributed by atoms with Gasteiger partial charge in [-0.2, -0.15) is 0 Å². The van der Waals surface area contributed by atoms with Gasteiger partial charge in [0.2, 0.25) is 0 Å². The van der Waals surface area contributed by atoms with Crippen molar-refractivity contribution in [1.29, 1.82) is 0 Å². The summed E-state index contributed by atoms with van der Waals surface area (Å²) in [5.74, 6) is 0. The number of nitrogens with two attached hydrogens (primary N) is 1. The molecule has 164 valence electrons. The summed E-state index contributed by atoms with van der Waals surface area (Å²) in [6, 6.07) is 1.97. The number of hydrogen-bond acceptors (Lipinski definition) is 9. The third kappa shape index (κ3) is 8.12. The van der Waals surface area contributed by atoms with Gasteiger partial charge < -0.3 is 16.0 Å². The van der Waals surface area contributed by atoms with Crippen molar-refractivity contribution in [3.05, 3.63) is 69.7 Å². The van der Waals surface area contributed by atoms with Crippen LogP contribution in [0.5, 0.6) is 0 Å². The average Bonchev–Trinajstić information content (AvgIpc) is 3.27. The second-order valence-corrected chi connectivity index (χ2v) is 8.45. The average molecular weight is 457 g/mol. The molecule has 0 amide bonds. The van der Waals surface area contributed by atoms with E-state index >= 15 is 0 Å². The molecule has 31 heavy (non-hydrogen) atoms. The van der Waals surface area contributed by atoms with E-state index < -0.39 is 0 Å². The third-order valence-corrected chi connectivity index (χ3v) is 5.97. The van der Waals surface area contributed by atoms with Crippen molar-refractivity contribution in [1.82, 2.24) is 20.5 Å². The van der Waals surface area contributed by atoms with Crippen LogP contribution in [0.2, 0.25) is 0 Å². The van der Waals surface area contributed by atoms with Gasteiger partial charge in [-0.1, -0.05) is 49.3 Å². The van der Waals surface area contributed by atoms with E-state index in [1.807, 2.05) is 24.3 Å². The van der Waals surface area contributed by atoms with E-state index in [0.717, 1.165) is 54.5 Å². The molecule has 2 aromatic heterocycles. The highest BCUT2D eigenvalue weighted by Gasteiger charge is 2.12. The van der Waals surface area contributed by atoms with E-state index in [0.29, 0.717) is 16.3 Å². The van der Waals surface area contributed by atoms with Crippen LogP contribution in [0.1, 0.15) is 28.2 Å². The summed E-state index contributed by atoms with van der Waals surface area (Å²) in [4.78, 5) is 17.8. The van der Waals surface area contributed by atoms with Crippen LogP contribution in [0.4, 0.5) is 11.4 Å². The minimum Gasteiger partial charge on any atom is -0.396 e. The van der Waals surface area contributed by atoms with Crippen molar-refractivity contribution in [3.8, 4) is 0 Å². The number of piperazine rings is 1. The maximum absolute atomic E-state index is 10.5. The normalized spacial score (nSPS) is 14.1. The summed E-state index contributed by atoms with van der Waals surface area (Å²) in [5.41, 5.74) is 8.77. The summed E-state index contributed by atoms with van der Waals surface area (Å²) < 4.78 is 0. The minimum absolute atomic E-state index is 0.386. The van der Waals surface area contributed by atoms with E-state index in [1.165, 1.54) is 23.1 Å². The first kappa shape index (κ1) is 24.5. The summed E-state index contributed by atoms with van der Waals surface area (Å²) in [6.45, 7) is 13.9. The molecule has 1 aliphatic rings. The molecule has 1 aliphatic heterocycles. The second kappa shape index (κ2) is 13.5. The quantitative estimate of drug-likeness (QED) is 0.451. The van der Waals surface area contributed by atoms with Crippen molar-refractivity contribution >= 4 is 46.8 Å². The Labute approximate surface area is 191 Å². The number of nitrogens with one attached hydrogen (secondary N) is 1. The highest BCUT2D eigenvalue weighted by Crippen LogP contribution is 2.25. The molecular formula is C22H28N6OS2. The zero-order chi connectivity index (χ0) is 22.5. The van der Waals surface area contributed by atoms with Crippen molar-refractivity contribution < 1.29 is 4.79 Å². The van der Waals surface area contributed by atoms with Gasteiger partial charge in [-0.3, -0.25) is 9.78 Å². The van der Waals surface area contributed by atoms with Crippen molar-refractivity contribution in [2.45, 2.75) is 13.3 Å². The van der Waals surface area contributed by atoms with Gasteiger partial charge in [0, 0.05) is 37.3 Å². The number of anilines is 2. The van der Waals surface area contributed by atoms with Gasteiger partial charge in [0.15, 0.2) is 11.3 Å². The van der Waals surface area contributed by atoms with Crippen molar-refractivity contribution in [2.75, 3.05) is 36.8 Å². The Morgan fingerprint density at radius 2 is 2.10 bits per heavy atom. The number of thioether (sulfide) groups is 1. The summed E-state index contributed by atoms with van der Waals surface area (Å²) in [5, 5.41) is 13.7. The van der Waals surface area contributed by atoms with E-state index in [2.05, 4.69) is 45.5 Å². The number of carbonyl (C=O) groups is 1. The Hall–Kier alpha value is -2.75. The first-order chi connectivity index (χ1) is 15.1. The molecule has 3 N–H and O–H groups in total. The summed E-state index contributed by atoms with van der Waals surface area (Å²) >= 11 is 2.80. The fourth-order valence-electron chi connectivity index (χ4n) is 2.68. The molecule has 0 radical (unpaired) electrons. The molecule has 1 fully saturated rings. The van der Waals surface area contributed by atoms with E-state index in [9.17, 15) is 4.79 Å². The predicted octanol–water partition coefficient (Wildman–Crippen LogP) is 4.16. The Morgan fingerprint density at radius 3 is 2.71 bits per heavy atom. The van der Waals surface area contributed by atoms with E-state index in [4.69, 9.17) is 5.73 Å². The molecule has 2 aromatic rings. The largest absolute Gasteiger partial charge is 0.396 e. The Kier molecular flexibility index (Phi) is 10.7. The minimum atomic E-state index is 0.386.